The van der Waals surface area contributed by atoms with Gasteiger partial charge in [0, 0.05) is 12.8 Å². The summed E-state index contributed by atoms with van der Waals surface area (Å²) in [6.07, 6.45) is 1.13. The molecular formula is C18H22N2O4S. The predicted molar refractivity (Wildman–Crippen MR) is 97.5 cm³/mol. The van der Waals surface area contributed by atoms with E-state index in [0.29, 0.717) is 18.8 Å². The molecule has 0 radical (unpaired) electrons. The van der Waals surface area contributed by atoms with E-state index in [9.17, 15) is 13.2 Å². The van der Waals surface area contributed by atoms with Gasteiger partial charge in [0.05, 0.1) is 18.8 Å². The fourth-order valence-electron chi connectivity index (χ4n) is 2.27. The number of amides is 1. The monoisotopic (exact) mass is 362 g/mol. The maximum absolute atomic E-state index is 12.0. The van der Waals surface area contributed by atoms with Gasteiger partial charge < -0.3 is 15.4 Å². The lowest BCUT2D eigenvalue weighted by atomic mass is 10.2. The van der Waals surface area contributed by atoms with E-state index < -0.39 is 9.84 Å². The van der Waals surface area contributed by atoms with E-state index in [4.69, 9.17) is 4.74 Å². The van der Waals surface area contributed by atoms with Crippen LogP contribution in [0.3, 0.4) is 0 Å². The number of hydrogen-bond donors (Lipinski definition) is 2. The van der Waals surface area contributed by atoms with E-state index in [1.165, 1.54) is 6.07 Å². The van der Waals surface area contributed by atoms with Crippen LogP contribution in [0, 0.1) is 0 Å². The summed E-state index contributed by atoms with van der Waals surface area (Å²) in [5.41, 5.74) is 1.48. The van der Waals surface area contributed by atoms with Crippen molar-refractivity contribution in [3.05, 3.63) is 54.1 Å². The largest absolute Gasteiger partial charge is 0.490 e. The van der Waals surface area contributed by atoms with Gasteiger partial charge in [-0.05, 0) is 24.6 Å². The van der Waals surface area contributed by atoms with Crippen molar-refractivity contribution in [2.45, 2.75) is 18.4 Å². The van der Waals surface area contributed by atoms with Crippen molar-refractivity contribution in [2.75, 3.05) is 24.7 Å². The van der Waals surface area contributed by atoms with Crippen molar-refractivity contribution < 1.29 is 17.9 Å². The molecule has 0 aliphatic rings. The molecule has 7 heteroatoms. The summed E-state index contributed by atoms with van der Waals surface area (Å²) in [4.78, 5) is 12.1. The Kier molecular flexibility index (Phi) is 6.41. The second kappa shape index (κ2) is 8.53. The van der Waals surface area contributed by atoms with Crippen LogP contribution in [0.5, 0.6) is 5.75 Å². The number of ether oxygens (including phenoxy) is 1. The van der Waals surface area contributed by atoms with Gasteiger partial charge in [-0.2, -0.15) is 0 Å². The normalized spacial score (nSPS) is 11.0. The highest BCUT2D eigenvalue weighted by molar-refractivity contribution is 7.90. The molecule has 0 fully saturated rings. The molecule has 2 rings (SSSR count). The maximum atomic E-state index is 12.0. The maximum Gasteiger partial charge on any atom is 0.239 e. The van der Waals surface area contributed by atoms with E-state index >= 15 is 0 Å². The molecule has 134 valence electrons. The van der Waals surface area contributed by atoms with E-state index in [1.54, 1.807) is 19.1 Å². The van der Waals surface area contributed by atoms with Crippen LogP contribution in [0.1, 0.15) is 12.5 Å². The van der Waals surface area contributed by atoms with Crippen LogP contribution in [-0.2, 0) is 21.2 Å². The summed E-state index contributed by atoms with van der Waals surface area (Å²) in [6, 6.07) is 14.4. The molecule has 0 unspecified atom stereocenters. The molecule has 0 atom stereocenters. The highest BCUT2D eigenvalue weighted by atomic mass is 32.2. The van der Waals surface area contributed by atoms with Gasteiger partial charge in [0.1, 0.15) is 4.90 Å². The first-order valence-corrected chi connectivity index (χ1v) is 9.81. The van der Waals surface area contributed by atoms with E-state index in [-0.39, 0.29) is 23.1 Å². The zero-order valence-electron chi connectivity index (χ0n) is 14.3. The lowest BCUT2D eigenvalue weighted by Crippen LogP contribution is -2.29. The van der Waals surface area contributed by atoms with Crippen molar-refractivity contribution in [1.82, 2.24) is 5.32 Å². The third-order valence-corrected chi connectivity index (χ3v) is 4.56. The van der Waals surface area contributed by atoms with Crippen molar-refractivity contribution >= 4 is 21.4 Å². The second-order valence-corrected chi connectivity index (χ2v) is 7.44. The number of sulfone groups is 1. The Labute approximate surface area is 148 Å². The van der Waals surface area contributed by atoms with Crippen LogP contribution in [0.2, 0.25) is 0 Å². The van der Waals surface area contributed by atoms with Gasteiger partial charge in [-0.25, -0.2) is 8.42 Å². The molecule has 2 N–H and O–H groups in total. The Hall–Kier alpha value is -2.54. The number of para-hydroxylation sites is 1. The van der Waals surface area contributed by atoms with Crippen molar-refractivity contribution in [3.8, 4) is 5.75 Å². The Morgan fingerprint density at radius 2 is 1.80 bits per heavy atom. The average Bonchev–Trinajstić information content (AvgIpc) is 2.59. The number of hydrogen-bond acceptors (Lipinski definition) is 5. The van der Waals surface area contributed by atoms with Crippen molar-refractivity contribution in [1.29, 1.82) is 0 Å². The zero-order valence-corrected chi connectivity index (χ0v) is 15.1. The summed E-state index contributed by atoms with van der Waals surface area (Å²) < 4.78 is 29.3. The van der Waals surface area contributed by atoms with Crippen LogP contribution < -0.4 is 15.4 Å². The van der Waals surface area contributed by atoms with Gasteiger partial charge in [-0.15, -0.1) is 0 Å². The molecule has 0 bridgehead atoms. The fourth-order valence-corrected chi connectivity index (χ4v) is 3.11. The van der Waals surface area contributed by atoms with Gasteiger partial charge in [-0.3, -0.25) is 4.79 Å². The second-order valence-electron chi connectivity index (χ2n) is 5.45. The molecule has 0 aliphatic carbocycles. The summed E-state index contributed by atoms with van der Waals surface area (Å²) in [5.74, 6) is 0.0411. The lowest BCUT2D eigenvalue weighted by molar-refractivity contribution is -0.119. The number of anilines is 1. The van der Waals surface area contributed by atoms with Crippen LogP contribution in [0.15, 0.2) is 53.4 Å². The Morgan fingerprint density at radius 3 is 2.44 bits per heavy atom. The predicted octanol–water partition coefficient (Wildman–Crippen LogP) is 2.22. The standard InChI is InChI=1S/C18H22N2O4S/c1-3-24-18-15(10-7-11-16(18)25(2,22)23)19-13-17(21)20-12-14-8-5-4-6-9-14/h4-11,19H,3,12-13H2,1-2H3,(H,20,21). The summed E-state index contributed by atoms with van der Waals surface area (Å²) >= 11 is 0. The van der Waals surface area contributed by atoms with Crippen molar-refractivity contribution in [3.63, 3.8) is 0 Å². The molecule has 25 heavy (non-hydrogen) atoms. The molecule has 0 spiro atoms. The molecule has 0 saturated carbocycles. The van der Waals surface area contributed by atoms with Gasteiger partial charge >= 0.3 is 0 Å². The van der Waals surface area contributed by atoms with Crippen LogP contribution in [0.25, 0.3) is 0 Å². The summed E-state index contributed by atoms with van der Waals surface area (Å²) in [6.45, 7) is 2.54. The molecule has 0 aliphatic heterocycles. The molecule has 0 aromatic heterocycles. The van der Waals surface area contributed by atoms with Crippen LogP contribution in [-0.4, -0.2) is 33.7 Å². The minimum Gasteiger partial charge on any atom is -0.490 e. The first-order chi connectivity index (χ1) is 11.9. The fraction of sp³-hybridized carbons (Fsp3) is 0.278. The molecule has 2 aromatic carbocycles. The first kappa shape index (κ1) is 18.8. The highest BCUT2D eigenvalue weighted by Crippen LogP contribution is 2.32. The summed E-state index contributed by atoms with van der Waals surface area (Å²) in [5, 5.41) is 5.75. The summed E-state index contributed by atoms with van der Waals surface area (Å²) in [7, 11) is -3.43. The first-order valence-electron chi connectivity index (χ1n) is 7.92. The number of carbonyl (C=O) groups is 1. The van der Waals surface area contributed by atoms with Gasteiger partial charge in [-0.1, -0.05) is 36.4 Å². The zero-order chi connectivity index (χ0) is 18.3. The minimum atomic E-state index is -3.43. The third kappa shape index (κ3) is 5.49. The number of carbonyl (C=O) groups excluding carboxylic acids is 1. The number of nitrogens with one attached hydrogen (secondary N) is 2. The van der Waals surface area contributed by atoms with Crippen LogP contribution >= 0.6 is 0 Å². The number of rotatable bonds is 8. The minimum absolute atomic E-state index is 0.0140. The molecular weight excluding hydrogens is 340 g/mol. The van der Waals surface area contributed by atoms with E-state index in [1.807, 2.05) is 30.3 Å². The topological polar surface area (TPSA) is 84.5 Å². The van der Waals surface area contributed by atoms with Crippen molar-refractivity contribution in [2.24, 2.45) is 0 Å². The quantitative estimate of drug-likeness (QED) is 0.752. The molecule has 6 nitrogen and oxygen atoms in total. The molecule has 0 saturated heterocycles. The third-order valence-electron chi connectivity index (χ3n) is 3.44. The Balaban J connectivity index is 2.03. The van der Waals surface area contributed by atoms with E-state index in [2.05, 4.69) is 10.6 Å². The highest BCUT2D eigenvalue weighted by Gasteiger charge is 2.18. The molecule has 2 aromatic rings. The molecule has 0 heterocycles. The van der Waals surface area contributed by atoms with Gasteiger partial charge in [0.2, 0.25) is 5.91 Å². The average molecular weight is 362 g/mol. The van der Waals surface area contributed by atoms with Gasteiger partial charge in [0.25, 0.3) is 0 Å². The van der Waals surface area contributed by atoms with Gasteiger partial charge in [0.15, 0.2) is 15.6 Å². The SMILES string of the molecule is CCOc1c(NCC(=O)NCc2ccccc2)cccc1S(C)(=O)=O. The lowest BCUT2D eigenvalue weighted by Gasteiger charge is -2.15. The Bertz CT molecular complexity index is 820. The molecule has 1 amide bonds. The van der Waals surface area contributed by atoms with E-state index in [0.717, 1.165) is 11.8 Å². The smallest absolute Gasteiger partial charge is 0.239 e. The number of benzene rings is 2. The Morgan fingerprint density at radius 1 is 1.08 bits per heavy atom. The van der Waals surface area contributed by atoms with Crippen LogP contribution in [0.4, 0.5) is 5.69 Å².